The fourth-order valence-corrected chi connectivity index (χ4v) is 2.64. The van der Waals surface area contributed by atoms with Crippen LogP contribution in [0.25, 0.3) is 0 Å². The molecule has 0 bridgehead atoms. The zero-order valence-electron chi connectivity index (χ0n) is 12.8. The SMILES string of the molecule is O=C1CCCCCCCCCCCCCOC(=O)CC1. The first-order valence-corrected chi connectivity index (χ1v) is 8.46. The van der Waals surface area contributed by atoms with Crippen LogP contribution < -0.4 is 0 Å². The molecule has 0 aliphatic carbocycles. The second-order valence-corrected chi connectivity index (χ2v) is 5.90. The molecule has 1 saturated heterocycles. The Balaban J connectivity index is 2.21. The van der Waals surface area contributed by atoms with E-state index in [2.05, 4.69) is 0 Å². The quantitative estimate of drug-likeness (QED) is 0.611. The highest BCUT2D eigenvalue weighted by atomic mass is 16.5. The zero-order valence-corrected chi connectivity index (χ0v) is 12.8. The maximum absolute atomic E-state index is 11.6. The molecule has 1 heterocycles. The second kappa shape index (κ2) is 11.9. The Hall–Kier alpha value is -0.860. The smallest absolute Gasteiger partial charge is 0.306 e. The van der Waals surface area contributed by atoms with E-state index >= 15 is 0 Å². The molecule has 3 heteroatoms. The molecule has 1 rings (SSSR count). The van der Waals surface area contributed by atoms with Crippen molar-refractivity contribution < 1.29 is 14.3 Å². The maximum atomic E-state index is 11.6. The maximum Gasteiger partial charge on any atom is 0.306 e. The molecule has 0 amide bonds. The van der Waals surface area contributed by atoms with Crippen molar-refractivity contribution in [3.05, 3.63) is 0 Å². The Morgan fingerprint density at radius 2 is 1.05 bits per heavy atom. The molecule has 0 saturated carbocycles. The van der Waals surface area contributed by atoms with Crippen LogP contribution in [-0.2, 0) is 14.3 Å². The highest BCUT2D eigenvalue weighted by Gasteiger charge is 2.08. The fraction of sp³-hybridized carbons (Fsp3) is 0.882. The number of ketones is 1. The van der Waals surface area contributed by atoms with Crippen LogP contribution in [0.5, 0.6) is 0 Å². The third-order valence-corrected chi connectivity index (χ3v) is 3.97. The van der Waals surface area contributed by atoms with Crippen LogP contribution in [0.3, 0.4) is 0 Å². The van der Waals surface area contributed by atoms with Crippen molar-refractivity contribution in [2.75, 3.05) is 6.61 Å². The number of Topliss-reactive ketones (excluding diaryl/α,β-unsaturated/α-hetero) is 1. The van der Waals surface area contributed by atoms with Crippen molar-refractivity contribution in [1.82, 2.24) is 0 Å². The molecule has 1 aliphatic heterocycles. The molecule has 20 heavy (non-hydrogen) atoms. The molecule has 0 N–H and O–H groups in total. The predicted octanol–water partition coefficient (Wildman–Crippen LogP) is 4.57. The first-order chi connectivity index (χ1) is 9.79. The third kappa shape index (κ3) is 9.99. The van der Waals surface area contributed by atoms with Gasteiger partial charge in [0.2, 0.25) is 0 Å². The van der Waals surface area contributed by atoms with Gasteiger partial charge in [-0.3, -0.25) is 9.59 Å². The molecule has 0 atom stereocenters. The number of carbonyl (C=O) groups excluding carboxylic acids is 2. The summed E-state index contributed by atoms with van der Waals surface area (Å²) >= 11 is 0. The Morgan fingerprint density at radius 3 is 1.65 bits per heavy atom. The predicted molar refractivity (Wildman–Crippen MR) is 80.6 cm³/mol. The zero-order chi connectivity index (χ0) is 14.5. The van der Waals surface area contributed by atoms with Gasteiger partial charge in [-0.1, -0.05) is 57.8 Å². The molecule has 0 spiro atoms. The molecule has 0 radical (unpaired) electrons. The molecule has 1 fully saturated rings. The summed E-state index contributed by atoms with van der Waals surface area (Å²) < 4.78 is 5.14. The minimum Gasteiger partial charge on any atom is -0.466 e. The van der Waals surface area contributed by atoms with Gasteiger partial charge in [0.05, 0.1) is 13.0 Å². The lowest BCUT2D eigenvalue weighted by Crippen LogP contribution is -2.09. The molecule has 116 valence electrons. The summed E-state index contributed by atoms with van der Waals surface area (Å²) in [5.74, 6) is 0.00235. The van der Waals surface area contributed by atoms with Gasteiger partial charge in [-0.15, -0.1) is 0 Å². The average molecular weight is 282 g/mol. The van der Waals surface area contributed by atoms with Gasteiger partial charge in [0.1, 0.15) is 5.78 Å². The van der Waals surface area contributed by atoms with Gasteiger partial charge in [0.15, 0.2) is 0 Å². The largest absolute Gasteiger partial charge is 0.466 e. The van der Waals surface area contributed by atoms with Crippen molar-refractivity contribution in [1.29, 1.82) is 0 Å². The summed E-state index contributed by atoms with van der Waals surface area (Å²) in [5.41, 5.74) is 0. The Morgan fingerprint density at radius 1 is 0.550 bits per heavy atom. The number of esters is 1. The standard InChI is InChI=1S/C17H30O3/c18-16-12-10-8-6-4-2-1-3-5-7-9-11-15-20-17(19)14-13-16/h1-15H2. The van der Waals surface area contributed by atoms with Crippen molar-refractivity contribution in [3.8, 4) is 0 Å². The Bertz CT molecular complexity index is 245. The van der Waals surface area contributed by atoms with Crippen LogP contribution in [0.2, 0.25) is 0 Å². The molecule has 0 unspecified atom stereocenters. The van der Waals surface area contributed by atoms with Gasteiger partial charge in [-0.2, -0.15) is 0 Å². The molecule has 0 aromatic heterocycles. The molecular weight excluding hydrogens is 252 g/mol. The van der Waals surface area contributed by atoms with E-state index in [0.717, 1.165) is 25.7 Å². The van der Waals surface area contributed by atoms with Crippen molar-refractivity contribution in [2.24, 2.45) is 0 Å². The summed E-state index contributed by atoms with van der Waals surface area (Å²) in [7, 11) is 0. The van der Waals surface area contributed by atoms with Crippen LogP contribution in [0.4, 0.5) is 0 Å². The van der Waals surface area contributed by atoms with E-state index in [9.17, 15) is 9.59 Å². The molecule has 1 aliphatic rings. The van der Waals surface area contributed by atoms with E-state index in [0.29, 0.717) is 19.4 Å². The monoisotopic (exact) mass is 282 g/mol. The lowest BCUT2D eigenvalue weighted by molar-refractivity contribution is -0.145. The first kappa shape index (κ1) is 17.2. The van der Waals surface area contributed by atoms with Crippen LogP contribution in [0.1, 0.15) is 89.9 Å². The highest BCUT2D eigenvalue weighted by Crippen LogP contribution is 2.13. The van der Waals surface area contributed by atoms with Gasteiger partial charge in [-0.25, -0.2) is 0 Å². The van der Waals surface area contributed by atoms with Crippen molar-refractivity contribution in [2.45, 2.75) is 89.9 Å². The lowest BCUT2D eigenvalue weighted by atomic mass is 10.0. The third-order valence-electron chi connectivity index (χ3n) is 3.97. The van der Waals surface area contributed by atoms with Gasteiger partial charge in [0, 0.05) is 12.8 Å². The number of hydrogen-bond acceptors (Lipinski definition) is 3. The summed E-state index contributed by atoms with van der Waals surface area (Å²) in [6, 6.07) is 0. The van der Waals surface area contributed by atoms with Gasteiger partial charge in [-0.05, 0) is 12.8 Å². The van der Waals surface area contributed by atoms with Crippen molar-refractivity contribution in [3.63, 3.8) is 0 Å². The van der Waals surface area contributed by atoms with Crippen LogP contribution in [0, 0.1) is 0 Å². The number of ether oxygens (including phenoxy) is 1. The number of rotatable bonds is 0. The van der Waals surface area contributed by atoms with Gasteiger partial charge in [0.25, 0.3) is 0 Å². The Labute approximate surface area is 123 Å². The van der Waals surface area contributed by atoms with Gasteiger partial charge < -0.3 is 4.74 Å². The summed E-state index contributed by atoms with van der Waals surface area (Å²) in [6.45, 7) is 0.521. The topological polar surface area (TPSA) is 43.4 Å². The minimum absolute atomic E-state index is 0.209. The van der Waals surface area contributed by atoms with Crippen LogP contribution >= 0.6 is 0 Å². The van der Waals surface area contributed by atoms with Crippen LogP contribution in [-0.4, -0.2) is 18.4 Å². The summed E-state index contributed by atoms with van der Waals surface area (Å²) in [6.07, 6.45) is 14.6. The van der Waals surface area contributed by atoms with E-state index in [4.69, 9.17) is 4.74 Å². The normalized spacial score (nSPS) is 22.6. The molecule has 0 aromatic rings. The number of hydrogen-bond donors (Lipinski definition) is 0. The number of cyclic esters (lactones) is 1. The van der Waals surface area contributed by atoms with E-state index < -0.39 is 0 Å². The summed E-state index contributed by atoms with van der Waals surface area (Å²) in [4.78, 5) is 23.1. The molecular formula is C17H30O3. The highest BCUT2D eigenvalue weighted by molar-refractivity contribution is 5.82. The molecule has 3 nitrogen and oxygen atoms in total. The fourth-order valence-electron chi connectivity index (χ4n) is 2.64. The number of carbonyl (C=O) groups is 2. The first-order valence-electron chi connectivity index (χ1n) is 8.46. The van der Waals surface area contributed by atoms with E-state index in [1.807, 2.05) is 0 Å². The molecule has 0 aromatic carbocycles. The summed E-state index contributed by atoms with van der Waals surface area (Å²) in [5, 5.41) is 0. The lowest BCUT2D eigenvalue weighted by Gasteiger charge is -2.06. The second-order valence-electron chi connectivity index (χ2n) is 5.90. The minimum atomic E-state index is -0.209. The Kier molecular flexibility index (Phi) is 10.3. The van der Waals surface area contributed by atoms with Crippen LogP contribution in [0.15, 0.2) is 0 Å². The van der Waals surface area contributed by atoms with E-state index in [1.54, 1.807) is 0 Å². The average Bonchev–Trinajstić information content (AvgIpc) is 2.44. The van der Waals surface area contributed by atoms with Crippen molar-refractivity contribution >= 4 is 11.8 Å². The van der Waals surface area contributed by atoms with E-state index in [1.165, 1.54) is 44.9 Å². The van der Waals surface area contributed by atoms with E-state index in [-0.39, 0.29) is 18.2 Å². The van der Waals surface area contributed by atoms with Gasteiger partial charge >= 0.3 is 5.97 Å².